The third-order valence-corrected chi connectivity index (χ3v) is 2.87. The highest BCUT2D eigenvalue weighted by atomic mass is 35.5. The SMILES string of the molecule is CCCn1nc(-c2ccc(Cl)cc2)nc1CCO. The van der Waals surface area contributed by atoms with Crippen molar-refractivity contribution in [1.29, 1.82) is 0 Å². The van der Waals surface area contributed by atoms with Gasteiger partial charge < -0.3 is 5.11 Å². The normalized spacial score (nSPS) is 10.8. The molecule has 0 saturated carbocycles. The number of hydrogen-bond acceptors (Lipinski definition) is 3. The van der Waals surface area contributed by atoms with Gasteiger partial charge in [0.2, 0.25) is 0 Å². The summed E-state index contributed by atoms with van der Waals surface area (Å²) >= 11 is 5.86. The van der Waals surface area contributed by atoms with E-state index in [1.807, 2.05) is 28.9 Å². The fraction of sp³-hybridized carbons (Fsp3) is 0.385. The van der Waals surface area contributed by atoms with Gasteiger partial charge in [-0.1, -0.05) is 18.5 Å². The van der Waals surface area contributed by atoms with Crippen LogP contribution in [0.15, 0.2) is 24.3 Å². The third-order valence-electron chi connectivity index (χ3n) is 2.62. The molecule has 1 N–H and O–H groups in total. The zero-order valence-corrected chi connectivity index (χ0v) is 11.1. The average Bonchev–Trinajstić information content (AvgIpc) is 2.75. The molecule has 5 heteroatoms. The van der Waals surface area contributed by atoms with Crippen LogP contribution in [0.25, 0.3) is 11.4 Å². The van der Waals surface area contributed by atoms with Gasteiger partial charge in [0.25, 0.3) is 0 Å². The summed E-state index contributed by atoms with van der Waals surface area (Å²) in [5.41, 5.74) is 0.938. The standard InChI is InChI=1S/C13H16ClN3O/c1-2-8-17-12(7-9-18)15-13(16-17)10-3-5-11(14)6-4-10/h3-6,18H,2,7-9H2,1H3. The highest BCUT2D eigenvalue weighted by molar-refractivity contribution is 6.30. The van der Waals surface area contributed by atoms with Crippen LogP contribution in [0.3, 0.4) is 0 Å². The molecular weight excluding hydrogens is 250 g/mol. The summed E-state index contributed by atoms with van der Waals surface area (Å²) in [7, 11) is 0. The molecule has 0 unspecified atom stereocenters. The van der Waals surface area contributed by atoms with E-state index >= 15 is 0 Å². The molecule has 0 aliphatic carbocycles. The summed E-state index contributed by atoms with van der Waals surface area (Å²) in [4.78, 5) is 4.47. The Kier molecular flexibility index (Phi) is 4.33. The minimum absolute atomic E-state index is 0.0858. The van der Waals surface area contributed by atoms with Crippen LogP contribution < -0.4 is 0 Å². The number of halogens is 1. The molecule has 0 bridgehead atoms. The van der Waals surface area contributed by atoms with Crippen molar-refractivity contribution in [3.05, 3.63) is 35.1 Å². The number of aliphatic hydroxyl groups excluding tert-OH is 1. The first-order valence-corrected chi connectivity index (χ1v) is 6.43. The van der Waals surface area contributed by atoms with Crippen LogP contribution in [-0.2, 0) is 13.0 Å². The maximum Gasteiger partial charge on any atom is 0.181 e. The summed E-state index contributed by atoms with van der Waals surface area (Å²) in [5, 5.41) is 14.2. The quantitative estimate of drug-likeness (QED) is 0.904. The molecule has 2 rings (SSSR count). The number of nitrogens with zero attached hydrogens (tertiary/aromatic N) is 3. The summed E-state index contributed by atoms with van der Waals surface area (Å²) in [6.07, 6.45) is 1.52. The maximum atomic E-state index is 9.03. The second kappa shape index (κ2) is 5.98. The topological polar surface area (TPSA) is 50.9 Å². The van der Waals surface area contributed by atoms with Crippen molar-refractivity contribution in [2.24, 2.45) is 0 Å². The Bertz CT molecular complexity index is 484. The molecule has 0 spiro atoms. The molecule has 0 aliphatic heterocycles. The average molecular weight is 266 g/mol. The lowest BCUT2D eigenvalue weighted by atomic mass is 10.2. The highest BCUT2D eigenvalue weighted by Crippen LogP contribution is 2.19. The van der Waals surface area contributed by atoms with E-state index in [1.165, 1.54) is 0 Å². The number of aromatic nitrogens is 3. The van der Waals surface area contributed by atoms with E-state index in [0.717, 1.165) is 24.4 Å². The van der Waals surface area contributed by atoms with Gasteiger partial charge in [0, 0.05) is 23.6 Å². The molecule has 1 heterocycles. The Morgan fingerprint density at radius 1 is 1.28 bits per heavy atom. The monoisotopic (exact) mass is 265 g/mol. The Hall–Kier alpha value is -1.39. The van der Waals surface area contributed by atoms with Crippen molar-refractivity contribution >= 4 is 11.6 Å². The van der Waals surface area contributed by atoms with Crippen LogP contribution in [0, 0.1) is 0 Å². The first-order valence-electron chi connectivity index (χ1n) is 6.05. The fourth-order valence-electron chi connectivity index (χ4n) is 1.77. The second-order valence-electron chi connectivity index (χ2n) is 4.06. The molecule has 0 fully saturated rings. The zero-order valence-electron chi connectivity index (χ0n) is 10.3. The third kappa shape index (κ3) is 2.89. The predicted molar refractivity (Wildman–Crippen MR) is 71.5 cm³/mol. The minimum atomic E-state index is 0.0858. The lowest BCUT2D eigenvalue weighted by Crippen LogP contribution is -2.06. The summed E-state index contributed by atoms with van der Waals surface area (Å²) in [6, 6.07) is 7.44. The van der Waals surface area contributed by atoms with E-state index in [4.69, 9.17) is 16.7 Å². The second-order valence-corrected chi connectivity index (χ2v) is 4.49. The van der Waals surface area contributed by atoms with Gasteiger partial charge in [-0.25, -0.2) is 9.67 Å². The van der Waals surface area contributed by atoms with Gasteiger partial charge in [0.05, 0.1) is 6.61 Å². The molecule has 4 nitrogen and oxygen atoms in total. The maximum absolute atomic E-state index is 9.03. The first kappa shape index (κ1) is 13.1. The molecule has 1 aromatic carbocycles. The van der Waals surface area contributed by atoms with Crippen molar-refractivity contribution in [1.82, 2.24) is 14.8 Å². The van der Waals surface area contributed by atoms with Crippen molar-refractivity contribution in [2.45, 2.75) is 26.3 Å². The van der Waals surface area contributed by atoms with Crippen LogP contribution in [0.4, 0.5) is 0 Å². The molecule has 0 amide bonds. The van der Waals surface area contributed by atoms with Crippen LogP contribution in [0.2, 0.25) is 5.02 Å². The molecule has 18 heavy (non-hydrogen) atoms. The van der Waals surface area contributed by atoms with Crippen LogP contribution >= 0.6 is 11.6 Å². The molecule has 0 atom stereocenters. The predicted octanol–water partition coefficient (Wildman–Crippen LogP) is 2.54. The van der Waals surface area contributed by atoms with Crippen LogP contribution in [-0.4, -0.2) is 26.5 Å². The number of hydrogen-bond donors (Lipinski definition) is 1. The molecule has 0 saturated heterocycles. The lowest BCUT2D eigenvalue weighted by Gasteiger charge is -2.01. The summed E-state index contributed by atoms with van der Waals surface area (Å²) in [5.74, 6) is 1.51. The number of aliphatic hydroxyl groups is 1. The lowest BCUT2D eigenvalue weighted by molar-refractivity contribution is 0.293. The Morgan fingerprint density at radius 3 is 2.61 bits per heavy atom. The van der Waals surface area contributed by atoms with Gasteiger partial charge in [-0.3, -0.25) is 0 Å². The number of rotatable bonds is 5. The Morgan fingerprint density at radius 2 is 2.00 bits per heavy atom. The van der Waals surface area contributed by atoms with Crippen molar-refractivity contribution < 1.29 is 5.11 Å². The Labute approximate surface area is 111 Å². The van der Waals surface area contributed by atoms with Crippen molar-refractivity contribution in [3.8, 4) is 11.4 Å². The van der Waals surface area contributed by atoms with Gasteiger partial charge in [0.15, 0.2) is 5.82 Å². The smallest absolute Gasteiger partial charge is 0.181 e. The minimum Gasteiger partial charge on any atom is -0.396 e. The van der Waals surface area contributed by atoms with Gasteiger partial charge in [-0.05, 0) is 30.7 Å². The van der Waals surface area contributed by atoms with E-state index in [9.17, 15) is 0 Å². The number of aryl methyl sites for hydroxylation is 1. The molecule has 96 valence electrons. The molecule has 0 radical (unpaired) electrons. The zero-order chi connectivity index (χ0) is 13.0. The van der Waals surface area contributed by atoms with Crippen LogP contribution in [0.5, 0.6) is 0 Å². The van der Waals surface area contributed by atoms with E-state index in [-0.39, 0.29) is 6.61 Å². The van der Waals surface area contributed by atoms with Crippen molar-refractivity contribution in [2.75, 3.05) is 6.61 Å². The van der Waals surface area contributed by atoms with E-state index < -0.39 is 0 Å². The molecular formula is C13H16ClN3O. The Balaban J connectivity index is 2.33. The van der Waals surface area contributed by atoms with Crippen molar-refractivity contribution in [3.63, 3.8) is 0 Å². The first-order chi connectivity index (χ1) is 8.74. The van der Waals surface area contributed by atoms with Gasteiger partial charge in [-0.2, -0.15) is 5.10 Å². The van der Waals surface area contributed by atoms with E-state index in [2.05, 4.69) is 17.0 Å². The van der Waals surface area contributed by atoms with Gasteiger partial charge in [0.1, 0.15) is 5.82 Å². The highest BCUT2D eigenvalue weighted by Gasteiger charge is 2.10. The fourth-order valence-corrected chi connectivity index (χ4v) is 1.90. The van der Waals surface area contributed by atoms with Gasteiger partial charge >= 0.3 is 0 Å². The van der Waals surface area contributed by atoms with E-state index in [1.54, 1.807) is 0 Å². The molecule has 1 aromatic heterocycles. The van der Waals surface area contributed by atoms with Gasteiger partial charge in [-0.15, -0.1) is 0 Å². The molecule has 0 aliphatic rings. The summed E-state index contributed by atoms with van der Waals surface area (Å²) < 4.78 is 1.86. The van der Waals surface area contributed by atoms with E-state index in [0.29, 0.717) is 17.3 Å². The summed E-state index contributed by atoms with van der Waals surface area (Å²) in [6.45, 7) is 2.99. The van der Waals surface area contributed by atoms with Crippen LogP contribution in [0.1, 0.15) is 19.2 Å². The number of benzene rings is 1. The largest absolute Gasteiger partial charge is 0.396 e. The molecule has 2 aromatic rings.